The van der Waals surface area contributed by atoms with E-state index in [9.17, 15) is 14.7 Å². The van der Waals surface area contributed by atoms with Crippen LogP contribution in [0, 0.1) is 0 Å². The molecule has 1 N–H and O–H groups in total. The minimum Gasteiger partial charge on any atom is -0.507 e. The molecule has 1 amide bonds. The van der Waals surface area contributed by atoms with Gasteiger partial charge in [-0.1, -0.05) is 39.0 Å². The Bertz CT molecular complexity index is 1240. The zero-order chi connectivity index (χ0) is 24.5. The molecule has 3 aromatic rings. The second-order valence-corrected chi connectivity index (χ2v) is 9.18. The quantitative estimate of drug-likeness (QED) is 0.316. The fourth-order valence-electron chi connectivity index (χ4n) is 4.25. The van der Waals surface area contributed by atoms with E-state index in [1.54, 1.807) is 60.9 Å². The molecule has 1 atom stereocenters. The maximum atomic E-state index is 13.3. The van der Waals surface area contributed by atoms with Crippen LogP contribution in [0.4, 0.5) is 5.69 Å². The molecule has 6 nitrogen and oxygen atoms in total. The van der Waals surface area contributed by atoms with Gasteiger partial charge in [0.05, 0.1) is 18.2 Å². The first-order chi connectivity index (χ1) is 16.2. The lowest BCUT2D eigenvalue weighted by molar-refractivity contribution is -0.132. The highest BCUT2D eigenvalue weighted by Gasteiger charge is 2.47. The van der Waals surface area contributed by atoms with E-state index in [4.69, 9.17) is 4.74 Å². The van der Waals surface area contributed by atoms with E-state index in [-0.39, 0.29) is 16.7 Å². The molecule has 0 bridgehead atoms. The van der Waals surface area contributed by atoms with Crippen LogP contribution >= 0.6 is 0 Å². The molecule has 1 aliphatic heterocycles. The van der Waals surface area contributed by atoms with Gasteiger partial charge in [-0.15, -0.1) is 0 Å². The predicted molar refractivity (Wildman–Crippen MR) is 132 cm³/mol. The van der Waals surface area contributed by atoms with Crippen molar-refractivity contribution in [2.75, 3.05) is 11.5 Å². The fraction of sp³-hybridized carbons (Fsp3) is 0.250. The van der Waals surface area contributed by atoms with Gasteiger partial charge < -0.3 is 9.84 Å². The van der Waals surface area contributed by atoms with Crippen LogP contribution in [0.1, 0.15) is 50.4 Å². The molecular weight excluding hydrogens is 428 g/mol. The number of carbonyl (C=O) groups is 2. The van der Waals surface area contributed by atoms with Crippen LogP contribution in [-0.2, 0) is 15.0 Å². The van der Waals surface area contributed by atoms with Crippen LogP contribution in [0.25, 0.3) is 5.76 Å². The maximum Gasteiger partial charge on any atom is 0.300 e. The summed E-state index contributed by atoms with van der Waals surface area (Å²) < 4.78 is 5.79. The van der Waals surface area contributed by atoms with E-state index < -0.39 is 17.7 Å². The first-order valence-electron chi connectivity index (χ1n) is 11.3. The molecule has 1 aliphatic rings. The molecule has 4 rings (SSSR count). The van der Waals surface area contributed by atoms with Crippen molar-refractivity contribution in [3.8, 4) is 5.75 Å². The highest BCUT2D eigenvalue weighted by atomic mass is 16.5. The van der Waals surface area contributed by atoms with Crippen molar-refractivity contribution in [3.05, 3.63) is 95.3 Å². The average Bonchev–Trinajstić information content (AvgIpc) is 3.10. The summed E-state index contributed by atoms with van der Waals surface area (Å²) in [5.74, 6) is -0.903. The minimum atomic E-state index is -0.782. The number of carbonyl (C=O) groups excluding carboxylic acids is 2. The SMILES string of the molecule is CCOc1ccc(/C(O)=C2/C(=O)C(=O)N(c3ccccc3)C2c2ccncc2)cc1C(C)(C)C. The summed E-state index contributed by atoms with van der Waals surface area (Å²) in [4.78, 5) is 32.0. The summed E-state index contributed by atoms with van der Waals surface area (Å²) in [5, 5.41) is 11.4. The predicted octanol–water partition coefficient (Wildman–Crippen LogP) is 5.40. The number of ketones is 1. The van der Waals surface area contributed by atoms with E-state index in [0.29, 0.717) is 23.4 Å². The number of pyridine rings is 1. The number of ether oxygens (including phenoxy) is 1. The maximum absolute atomic E-state index is 13.3. The van der Waals surface area contributed by atoms with Gasteiger partial charge >= 0.3 is 0 Å². The third-order valence-electron chi connectivity index (χ3n) is 5.86. The van der Waals surface area contributed by atoms with Crippen LogP contribution in [0.3, 0.4) is 0 Å². The number of Topliss-reactive ketones (excluding diaryl/α,β-unsaturated/α-hetero) is 1. The number of aliphatic hydroxyl groups excluding tert-OH is 1. The molecular formula is C28H28N2O4. The van der Waals surface area contributed by atoms with Crippen molar-refractivity contribution in [1.82, 2.24) is 4.98 Å². The molecule has 1 aromatic heterocycles. The van der Waals surface area contributed by atoms with Crippen LogP contribution < -0.4 is 9.64 Å². The number of aromatic nitrogens is 1. The Morgan fingerprint density at radius 1 is 1.03 bits per heavy atom. The van der Waals surface area contributed by atoms with Gasteiger partial charge in [-0.3, -0.25) is 19.5 Å². The van der Waals surface area contributed by atoms with Crippen molar-refractivity contribution >= 4 is 23.1 Å². The van der Waals surface area contributed by atoms with Crippen LogP contribution in [0.2, 0.25) is 0 Å². The van der Waals surface area contributed by atoms with Gasteiger partial charge in [-0.2, -0.15) is 0 Å². The number of nitrogens with zero attached hydrogens (tertiary/aromatic N) is 2. The first-order valence-corrected chi connectivity index (χ1v) is 11.3. The van der Waals surface area contributed by atoms with E-state index in [1.165, 1.54) is 4.90 Å². The average molecular weight is 457 g/mol. The molecule has 0 radical (unpaired) electrons. The molecule has 0 spiro atoms. The first kappa shape index (κ1) is 23.2. The summed E-state index contributed by atoms with van der Waals surface area (Å²) >= 11 is 0. The van der Waals surface area contributed by atoms with Gasteiger partial charge in [0.25, 0.3) is 11.7 Å². The van der Waals surface area contributed by atoms with Crippen LogP contribution in [-0.4, -0.2) is 28.4 Å². The lowest BCUT2D eigenvalue weighted by Crippen LogP contribution is -2.29. The number of amides is 1. The summed E-state index contributed by atoms with van der Waals surface area (Å²) in [7, 11) is 0. The second-order valence-electron chi connectivity index (χ2n) is 9.18. The summed E-state index contributed by atoms with van der Waals surface area (Å²) in [5.41, 5.74) is 2.40. The second kappa shape index (κ2) is 9.14. The summed E-state index contributed by atoms with van der Waals surface area (Å²) in [6.07, 6.45) is 3.21. The standard InChI is InChI=1S/C28H28N2O4/c1-5-34-22-12-11-19(17-21(22)28(2,3)4)25(31)23-24(18-13-15-29-16-14-18)30(27(33)26(23)32)20-9-7-6-8-10-20/h6-17,24,31H,5H2,1-4H3/b25-23-. The number of rotatable bonds is 5. The van der Waals surface area contributed by atoms with Crippen LogP contribution in [0.5, 0.6) is 5.75 Å². The Hall–Kier alpha value is -3.93. The lowest BCUT2D eigenvalue weighted by Gasteiger charge is -2.26. The van der Waals surface area contributed by atoms with Crippen molar-refractivity contribution in [2.45, 2.75) is 39.2 Å². The zero-order valence-corrected chi connectivity index (χ0v) is 19.8. The van der Waals surface area contributed by atoms with Gasteiger partial charge in [0.15, 0.2) is 0 Å². The fourth-order valence-corrected chi connectivity index (χ4v) is 4.25. The largest absolute Gasteiger partial charge is 0.507 e. The Morgan fingerprint density at radius 2 is 1.71 bits per heavy atom. The minimum absolute atomic E-state index is 0.0454. The third-order valence-corrected chi connectivity index (χ3v) is 5.86. The molecule has 0 aliphatic carbocycles. The van der Waals surface area contributed by atoms with Crippen molar-refractivity contribution < 1.29 is 19.4 Å². The number of hydrogen-bond acceptors (Lipinski definition) is 5. The van der Waals surface area contributed by atoms with Gasteiger partial charge in [-0.05, 0) is 60.4 Å². The highest BCUT2D eigenvalue weighted by Crippen LogP contribution is 2.43. The number of para-hydroxylation sites is 1. The lowest BCUT2D eigenvalue weighted by atomic mass is 9.84. The van der Waals surface area contributed by atoms with E-state index in [1.807, 2.05) is 19.1 Å². The topological polar surface area (TPSA) is 79.7 Å². The summed E-state index contributed by atoms with van der Waals surface area (Å²) in [6.45, 7) is 8.60. The third kappa shape index (κ3) is 4.19. The number of anilines is 1. The summed E-state index contributed by atoms with van der Waals surface area (Å²) in [6, 6.07) is 17.1. The Labute approximate surface area is 199 Å². The Kier molecular flexibility index (Phi) is 6.24. The molecule has 2 aromatic carbocycles. The smallest absolute Gasteiger partial charge is 0.300 e. The van der Waals surface area contributed by atoms with Gasteiger partial charge in [-0.25, -0.2) is 0 Å². The van der Waals surface area contributed by atoms with E-state index in [2.05, 4.69) is 25.8 Å². The molecule has 0 saturated carbocycles. The van der Waals surface area contributed by atoms with Gasteiger partial charge in [0.1, 0.15) is 11.5 Å². The number of benzene rings is 2. The monoisotopic (exact) mass is 456 g/mol. The van der Waals surface area contributed by atoms with E-state index >= 15 is 0 Å². The Morgan fingerprint density at radius 3 is 2.32 bits per heavy atom. The molecule has 34 heavy (non-hydrogen) atoms. The Balaban J connectivity index is 1.93. The molecule has 6 heteroatoms. The van der Waals surface area contributed by atoms with Crippen molar-refractivity contribution in [1.29, 1.82) is 0 Å². The highest BCUT2D eigenvalue weighted by molar-refractivity contribution is 6.51. The zero-order valence-electron chi connectivity index (χ0n) is 19.8. The molecule has 1 unspecified atom stereocenters. The molecule has 1 saturated heterocycles. The van der Waals surface area contributed by atoms with Crippen molar-refractivity contribution in [3.63, 3.8) is 0 Å². The van der Waals surface area contributed by atoms with Gasteiger partial charge in [0, 0.05) is 29.2 Å². The van der Waals surface area contributed by atoms with Gasteiger partial charge in [0.2, 0.25) is 0 Å². The van der Waals surface area contributed by atoms with Crippen LogP contribution in [0.15, 0.2) is 78.6 Å². The number of aliphatic hydroxyl groups is 1. The molecule has 1 fully saturated rings. The molecule has 2 heterocycles. The molecule has 174 valence electrons. The van der Waals surface area contributed by atoms with Crippen molar-refractivity contribution in [2.24, 2.45) is 0 Å². The number of hydrogen-bond donors (Lipinski definition) is 1. The normalized spacial score (nSPS) is 17.8. The van der Waals surface area contributed by atoms with E-state index in [0.717, 1.165) is 11.3 Å².